The number of ether oxygens (including phenoxy) is 1. The lowest BCUT2D eigenvalue weighted by Gasteiger charge is -2.35. The van der Waals surface area contributed by atoms with Gasteiger partial charge in [0.25, 0.3) is 5.91 Å². The minimum absolute atomic E-state index is 0.107. The van der Waals surface area contributed by atoms with Crippen molar-refractivity contribution in [2.75, 3.05) is 38.2 Å². The lowest BCUT2D eigenvalue weighted by atomic mass is 9.77. The molecule has 8 nitrogen and oxygen atoms in total. The standard InChI is InChI=1S/C28H29N3O5/c1-29-13-4-9-21-22(25(29)33)23-26(34)31(15-6-16-32)24-27(35)30(14-5-12-28(23,24)36-21)20-11-10-18-7-2-3-8-19(18)17-20/h2-5,7-12,17,21-24,32H,6,13-16H2,1H3/t21-,22+,23+,24?,28+/m1/s1. The molecule has 2 fully saturated rings. The first-order chi connectivity index (χ1) is 17.5. The van der Waals surface area contributed by atoms with Gasteiger partial charge in [0, 0.05) is 39.0 Å². The van der Waals surface area contributed by atoms with E-state index < -0.39 is 29.6 Å². The second-order valence-electron chi connectivity index (χ2n) is 9.98. The van der Waals surface area contributed by atoms with E-state index in [1.54, 1.807) is 16.8 Å². The number of aliphatic hydroxyl groups excluding tert-OH is 1. The molecule has 2 aromatic rings. The van der Waals surface area contributed by atoms with Crippen molar-refractivity contribution in [3.05, 3.63) is 66.8 Å². The minimum atomic E-state index is -1.25. The van der Waals surface area contributed by atoms with E-state index in [0.717, 1.165) is 16.5 Å². The van der Waals surface area contributed by atoms with E-state index in [1.165, 1.54) is 4.90 Å². The summed E-state index contributed by atoms with van der Waals surface area (Å²) < 4.78 is 6.57. The van der Waals surface area contributed by atoms with Gasteiger partial charge in [-0.25, -0.2) is 0 Å². The van der Waals surface area contributed by atoms with Crippen LogP contribution in [0.5, 0.6) is 0 Å². The summed E-state index contributed by atoms with van der Waals surface area (Å²) in [5, 5.41) is 11.6. The molecule has 2 aromatic carbocycles. The Hall–Kier alpha value is -3.49. The van der Waals surface area contributed by atoms with Gasteiger partial charge >= 0.3 is 0 Å². The van der Waals surface area contributed by atoms with E-state index in [9.17, 15) is 19.5 Å². The molecule has 5 atom stereocenters. The van der Waals surface area contributed by atoms with Gasteiger partial charge in [-0.05, 0) is 29.3 Å². The number of hydrogen-bond donors (Lipinski definition) is 1. The molecule has 8 heteroatoms. The van der Waals surface area contributed by atoms with E-state index in [-0.39, 0.29) is 30.9 Å². The number of anilines is 1. The molecule has 2 saturated heterocycles. The number of hydrogen-bond acceptors (Lipinski definition) is 5. The van der Waals surface area contributed by atoms with Crippen LogP contribution < -0.4 is 4.90 Å². The number of nitrogens with zero attached hydrogens (tertiary/aromatic N) is 3. The highest BCUT2D eigenvalue weighted by molar-refractivity contribution is 6.06. The van der Waals surface area contributed by atoms with E-state index in [4.69, 9.17) is 4.74 Å². The van der Waals surface area contributed by atoms with Crippen LogP contribution in [-0.4, -0.2) is 83.7 Å². The maximum Gasteiger partial charge on any atom is 0.253 e. The summed E-state index contributed by atoms with van der Waals surface area (Å²) >= 11 is 0. The number of fused-ring (bicyclic) bond motifs is 3. The molecular weight excluding hydrogens is 458 g/mol. The topological polar surface area (TPSA) is 90.4 Å². The number of rotatable bonds is 4. The van der Waals surface area contributed by atoms with Gasteiger partial charge < -0.3 is 24.5 Å². The van der Waals surface area contributed by atoms with Gasteiger partial charge in [-0.3, -0.25) is 14.4 Å². The van der Waals surface area contributed by atoms with Crippen molar-refractivity contribution >= 4 is 34.2 Å². The number of benzene rings is 2. The molecule has 6 rings (SSSR count). The third-order valence-corrected chi connectivity index (χ3v) is 7.96. The molecule has 186 valence electrons. The van der Waals surface area contributed by atoms with Gasteiger partial charge in [-0.2, -0.15) is 0 Å². The maximum absolute atomic E-state index is 14.3. The average Bonchev–Trinajstić information content (AvgIpc) is 3.20. The molecule has 0 saturated carbocycles. The van der Waals surface area contributed by atoms with Crippen LogP contribution in [0, 0.1) is 11.8 Å². The molecule has 0 bridgehead atoms. The highest BCUT2D eigenvalue weighted by atomic mass is 16.5. The fraction of sp³-hybridized carbons (Fsp3) is 0.393. The van der Waals surface area contributed by atoms with Gasteiger partial charge in [0.2, 0.25) is 11.8 Å². The third-order valence-electron chi connectivity index (χ3n) is 7.96. The van der Waals surface area contributed by atoms with Crippen molar-refractivity contribution in [1.29, 1.82) is 0 Å². The highest BCUT2D eigenvalue weighted by Crippen LogP contribution is 2.53. The van der Waals surface area contributed by atoms with Crippen molar-refractivity contribution in [2.24, 2.45) is 11.8 Å². The third kappa shape index (κ3) is 3.24. The molecule has 1 spiro atoms. The molecule has 4 aliphatic heterocycles. The molecule has 0 aliphatic carbocycles. The Morgan fingerprint density at radius 3 is 2.61 bits per heavy atom. The lowest BCUT2D eigenvalue weighted by Crippen LogP contribution is -2.55. The van der Waals surface area contributed by atoms with E-state index in [1.807, 2.05) is 66.8 Å². The average molecular weight is 488 g/mol. The van der Waals surface area contributed by atoms with Crippen molar-refractivity contribution in [1.82, 2.24) is 9.80 Å². The Balaban J connectivity index is 1.45. The van der Waals surface area contributed by atoms with Crippen LogP contribution in [0.4, 0.5) is 5.69 Å². The number of amides is 3. The SMILES string of the molecule is CN1CC=C[C@H]2O[C@]34C=CCN(c5ccc6ccccc6c5)C(=O)C3N(CCCO)C(=O)[C@@H]4[C@H]2C1=O. The highest BCUT2D eigenvalue weighted by Gasteiger charge is 2.71. The van der Waals surface area contributed by atoms with Gasteiger partial charge in [0.1, 0.15) is 11.6 Å². The van der Waals surface area contributed by atoms with Crippen molar-refractivity contribution in [3.63, 3.8) is 0 Å². The van der Waals surface area contributed by atoms with Crippen LogP contribution in [0.2, 0.25) is 0 Å². The van der Waals surface area contributed by atoms with E-state index in [2.05, 4.69) is 0 Å². The lowest BCUT2D eigenvalue weighted by molar-refractivity contribution is -0.143. The number of likely N-dealkylation sites (tertiary alicyclic amines) is 1. The first kappa shape index (κ1) is 22.9. The van der Waals surface area contributed by atoms with Gasteiger partial charge in [0.05, 0.1) is 17.9 Å². The second kappa shape index (κ2) is 8.57. The normalized spacial score (nSPS) is 31.5. The van der Waals surface area contributed by atoms with E-state index >= 15 is 0 Å². The van der Waals surface area contributed by atoms with Crippen LogP contribution in [-0.2, 0) is 19.1 Å². The zero-order chi connectivity index (χ0) is 25.0. The van der Waals surface area contributed by atoms with Gasteiger partial charge in [0.15, 0.2) is 0 Å². The smallest absolute Gasteiger partial charge is 0.253 e. The number of aliphatic hydroxyl groups is 1. The molecule has 4 heterocycles. The first-order valence-corrected chi connectivity index (χ1v) is 12.4. The second-order valence-corrected chi connectivity index (χ2v) is 9.98. The number of likely N-dealkylation sites (N-methyl/N-ethyl adjacent to an activating group) is 1. The fourth-order valence-corrected chi connectivity index (χ4v) is 6.32. The molecular formula is C28H29N3O5. The van der Waals surface area contributed by atoms with Crippen LogP contribution in [0.1, 0.15) is 6.42 Å². The van der Waals surface area contributed by atoms with Crippen LogP contribution in [0.3, 0.4) is 0 Å². The van der Waals surface area contributed by atoms with Crippen LogP contribution in [0.25, 0.3) is 10.8 Å². The summed E-state index contributed by atoms with van der Waals surface area (Å²) in [5.41, 5.74) is -0.510. The molecule has 0 aromatic heterocycles. The Morgan fingerprint density at radius 1 is 1.00 bits per heavy atom. The quantitative estimate of drug-likeness (QED) is 0.664. The van der Waals surface area contributed by atoms with Crippen LogP contribution in [0.15, 0.2) is 66.8 Å². The predicted molar refractivity (Wildman–Crippen MR) is 134 cm³/mol. The molecule has 1 unspecified atom stereocenters. The van der Waals surface area contributed by atoms with E-state index in [0.29, 0.717) is 19.5 Å². The van der Waals surface area contributed by atoms with Crippen LogP contribution >= 0.6 is 0 Å². The first-order valence-electron chi connectivity index (χ1n) is 12.4. The van der Waals surface area contributed by atoms with Crippen molar-refractivity contribution in [3.8, 4) is 0 Å². The Morgan fingerprint density at radius 2 is 1.81 bits per heavy atom. The summed E-state index contributed by atoms with van der Waals surface area (Å²) in [6.07, 6.45) is 7.21. The molecule has 0 radical (unpaired) electrons. The zero-order valence-corrected chi connectivity index (χ0v) is 20.1. The Bertz CT molecular complexity index is 1310. The monoisotopic (exact) mass is 487 g/mol. The largest absolute Gasteiger partial charge is 0.396 e. The summed E-state index contributed by atoms with van der Waals surface area (Å²) in [5.74, 6) is -2.17. The molecule has 1 N–H and O–H groups in total. The summed E-state index contributed by atoms with van der Waals surface area (Å²) in [6.45, 7) is 0.881. The summed E-state index contributed by atoms with van der Waals surface area (Å²) in [4.78, 5) is 46.4. The zero-order valence-electron chi connectivity index (χ0n) is 20.1. The predicted octanol–water partition coefficient (Wildman–Crippen LogP) is 1.73. The molecule has 3 amide bonds. The Labute approximate surface area is 209 Å². The fourth-order valence-electron chi connectivity index (χ4n) is 6.32. The summed E-state index contributed by atoms with van der Waals surface area (Å²) in [7, 11) is 1.72. The van der Waals surface area contributed by atoms with Crippen molar-refractivity contribution in [2.45, 2.75) is 24.2 Å². The number of carbonyl (C=O) groups is 3. The number of carbonyl (C=O) groups excluding carboxylic acids is 3. The van der Waals surface area contributed by atoms with Gasteiger partial charge in [-0.1, -0.05) is 54.6 Å². The van der Waals surface area contributed by atoms with Crippen molar-refractivity contribution < 1.29 is 24.2 Å². The summed E-state index contributed by atoms with van der Waals surface area (Å²) in [6, 6.07) is 12.9. The minimum Gasteiger partial charge on any atom is -0.396 e. The van der Waals surface area contributed by atoms with Gasteiger partial charge in [-0.15, -0.1) is 0 Å². The Kier molecular flexibility index (Phi) is 5.46. The molecule has 36 heavy (non-hydrogen) atoms. The molecule has 4 aliphatic rings. The maximum atomic E-state index is 14.3.